The summed E-state index contributed by atoms with van der Waals surface area (Å²) in [6.07, 6.45) is 3.95. The molecule has 0 unspecified atom stereocenters. The van der Waals surface area contributed by atoms with Gasteiger partial charge in [-0.1, -0.05) is 24.4 Å². The molecule has 0 atom stereocenters. The first-order chi connectivity index (χ1) is 8.61. The van der Waals surface area contributed by atoms with Gasteiger partial charge >= 0.3 is 0 Å². The predicted octanol–water partition coefficient (Wildman–Crippen LogP) is 3.63. The molecule has 1 aliphatic rings. The van der Waals surface area contributed by atoms with Crippen molar-refractivity contribution in [3.05, 3.63) is 34.4 Å². The van der Waals surface area contributed by atoms with E-state index < -0.39 is 17.5 Å². The van der Waals surface area contributed by atoms with Crippen molar-refractivity contribution in [3.63, 3.8) is 0 Å². The average molecular weight is 274 g/mol. The maximum absolute atomic E-state index is 13.7. The Morgan fingerprint density at radius 1 is 1.06 bits per heavy atom. The first kappa shape index (κ1) is 13.3. The van der Waals surface area contributed by atoms with Crippen LogP contribution < -0.4 is 0 Å². The van der Waals surface area contributed by atoms with Crippen LogP contribution in [0.4, 0.5) is 8.78 Å². The second kappa shape index (κ2) is 5.65. The molecule has 0 saturated carbocycles. The maximum Gasteiger partial charge on any atom is 0.256 e. The quantitative estimate of drug-likeness (QED) is 0.716. The monoisotopic (exact) mass is 273 g/mol. The summed E-state index contributed by atoms with van der Waals surface area (Å²) in [6.45, 7) is 1.20. The number of likely N-dealkylation sites (tertiary alicyclic amines) is 1. The fourth-order valence-corrected chi connectivity index (χ4v) is 2.28. The van der Waals surface area contributed by atoms with E-state index in [1.54, 1.807) is 4.90 Å². The Labute approximate surface area is 110 Å². The minimum atomic E-state index is -1.16. The number of carbonyl (C=O) groups is 1. The summed E-state index contributed by atoms with van der Waals surface area (Å²) < 4.78 is 27.0. The smallest absolute Gasteiger partial charge is 0.256 e. The van der Waals surface area contributed by atoms with Gasteiger partial charge in [0, 0.05) is 13.1 Å². The molecule has 1 heterocycles. The SMILES string of the molecule is O=C(c1ccc(Cl)c(F)c1F)N1CCCCCC1. The van der Waals surface area contributed by atoms with Gasteiger partial charge in [-0.25, -0.2) is 8.78 Å². The molecule has 0 spiro atoms. The summed E-state index contributed by atoms with van der Waals surface area (Å²) in [5, 5.41) is -0.306. The lowest BCUT2D eigenvalue weighted by Crippen LogP contribution is -2.32. The van der Waals surface area contributed by atoms with Crippen molar-refractivity contribution in [2.75, 3.05) is 13.1 Å². The minimum absolute atomic E-state index is 0.237. The van der Waals surface area contributed by atoms with E-state index in [0.717, 1.165) is 25.7 Å². The zero-order chi connectivity index (χ0) is 13.1. The molecule has 18 heavy (non-hydrogen) atoms. The third-order valence-electron chi connectivity index (χ3n) is 3.16. The summed E-state index contributed by atoms with van der Waals surface area (Å²) in [6, 6.07) is 2.46. The minimum Gasteiger partial charge on any atom is -0.339 e. The van der Waals surface area contributed by atoms with Crippen LogP contribution in [0.3, 0.4) is 0 Å². The molecule has 1 saturated heterocycles. The Bertz CT molecular complexity index is 457. The van der Waals surface area contributed by atoms with E-state index in [4.69, 9.17) is 11.6 Å². The number of hydrogen-bond acceptors (Lipinski definition) is 1. The number of nitrogens with zero attached hydrogens (tertiary/aromatic N) is 1. The number of halogens is 3. The Kier molecular flexibility index (Phi) is 4.17. The molecular formula is C13H14ClF2NO. The van der Waals surface area contributed by atoms with E-state index in [1.807, 2.05) is 0 Å². The summed E-state index contributed by atoms with van der Waals surface area (Å²) >= 11 is 5.46. The maximum atomic E-state index is 13.7. The Hall–Kier alpha value is -1.16. The average Bonchev–Trinajstić information content (AvgIpc) is 2.64. The molecule has 0 N–H and O–H groups in total. The van der Waals surface area contributed by atoms with Gasteiger partial charge in [0.1, 0.15) is 0 Å². The number of rotatable bonds is 1. The van der Waals surface area contributed by atoms with Gasteiger partial charge in [0.15, 0.2) is 11.6 Å². The summed E-state index contributed by atoms with van der Waals surface area (Å²) in [5.41, 5.74) is -0.237. The van der Waals surface area contributed by atoms with Crippen LogP contribution in [0.2, 0.25) is 5.02 Å². The van der Waals surface area contributed by atoms with Gasteiger partial charge in [0.25, 0.3) is 5.91 Å². The van der Waals surface area contributed by atoms with E-state index in [0.29, 0.717) is 13.1 Å². The lowest BCUT2D eigenvalue weighted by atomic mass is 10.1. The van der Waals surface area contributed by atoms with Crippen molar-refractivity contribution in [2.45, 2.75) is 25.7 Å². The van der Waals surface area contributed by atoms with Gasteiger partial charge in [0.05, 0.1) is 10.6 Å². The standard InChI is InChI=1S/C13H14ClF2NO/c14-10-6-5-9(11(15)12(10)16)13(18)17-7-3-1-2-4-8-17/h5-6H,1-4,7-8H2. The van der Waals surface area contributed by atoms with Gasteiger partial charge in [-0.2, -0.15) is 0 Å². The van der Waals surface area contributed by atoms with Crippen LogP contribution in [0.25, 0.3) is 0 Å². The number of amides is 1. The summed E-state index contributed by atoms with van der Waals surface area (Å²) in [5.74, 6) is -2.76. The molecule has 1 fully saturated rings. The number of benzene rings is 1. The van der Waals surface area contributed by atoms with Crippen LogP contribution in [0.15, 0.2) is 12.1 Å². The Morgan fingerprint density at radius 2 is 1.67 bits per heavy atom. The van der Waals surface area contributed by atoms with Crippen molar-refractivity contribution >= 4 is 17.5 Å². The first-order valence-corrected chi connectivity index (χ1v) is 6.42. The van der Waals surface area contributed by atoms with Crippen molar-refractivity contribution in [3.8, 4) is 0 Å². The molecule has 0 bridgehead atoms. The van der Waals surface area contributed by atoms with Crippen LogP contribution in [0.5, 0.6) is 0 Å². The molecule has 5 heteroatoms. The lowest BCUT2D eigenvalue weighted by molar-refractivity contribution is 0.0756. The molecule has 98 valence electrons. The van der Waals surface area contributed by atoms with Crippen molar-refractivity contribution in [1.29, 1.82) is 0 Å². The molecule has 0 aromatic heterocycles. The van der Waals surface area contributed by atoms with E-state index in [-0.39, 0.29) is 10.6 Å². The highest BCUT2D eigenvalue weighted by atomic mass is 35.5. The van der Waals surface area contributed by atoms with Crippen LogP contribution in [-0.4, -0.2) is 23.9 Å². The molecule has 2 nitrogen and oxygen atoms in total. The fourth-order valence-electron chi connectivity index (χ4n) is 2.14. The highest BCUT2D eigenvalue weighted by Crippen LogP contribution is 2.22. The molecule has 1 amide bonds. The number of hydrogen-bond donors (Lipinski definition) is 0. The van der Waals surface area contributed by atoms with Gasteiger partial charge < -0.3 is 4.90 Å². The first-order valence-electron chi connectivity index (χ1n) is 6.04. The van der Waals surface area contributed by atoms with Crippen LogP contribution in [0, 0.1) is 11.6 Å². The van der Waals surface area contributed by atoms with Gasteiger partial charge in [0.2, 0.25) is 0 Å². The molecule has 0 radical (unpaired) electrons. The summed E-state index contributed by atoms with van der Waals surface area (Å²) in [7, 11) is 0. The molecule has 0 aliphatic carbocycles. The summed E-state index contributed by atoms with van der Waals surface area (Å²) in [4.78, 5) is 13.7. The Morgan fingerprint density at radius 3 is 2.28 bits per heavy atom. The van der Waals surface area contributed by atoms with Crippen molar-refractivity contribution < 1.29 is 13.6 Å². The highest BCUT2D eigenvalue weighted by Gasteiger charge is 2.23. The topological polar surface area (TPSA) is 20.3 Å². The second-order valence-corrected chi connectivity index (χ2v) is 4.84. The lowest BCUT2D eigenvalue weighted by Gasteiger charge is -2.20. The van der Waals surface area contributed by atoms with Crippen molar-refractivity contribution in [2.24, 2.45) is 0 Å². The molecular weight excluding hydrogens is 260 g/mol. The van der Waals surface area contributed by atoms with E-state index in [2.05, 4.69) is 0 Å². The third-order valence-corrected chi connectivity index (χ3v) is 3.45. The largest absolute Gasteiger partial charge is 0.339 e. The van der Waals surface area contributed by atoms with E-state index in [1.165, 1.54) is 12.1 Å². The van der Waals surface area contributed by atoms with Crippen LogP contribution in [-0.2, 0) is 0 Å². The van der Waals surface area contributed by atoms with Gasteiger partial charge in [-0.15, -0.1) is 0 Å². The van der Waals surface area contributed by atoms with E-state index in [9.17, 15) is 13.6 Å². The van der Waals surface area contributed by atoms with Gasteiger partial charge in [-0.3, -0.25) is 4.79 Å². The highest BCUT2D eigenvalue weighted by molar-refractivity contribution is 6.30. The predicted molar refractivity (Wildman–Crippen MR) is 65.7 cm³/mol. The molecule has 1 aliphatic heterocycles. The zero-order valence-corrected chi connectivity index (χ0v) is 10.6. The second-order valence-electron chi connectivity index (χ2n) is 4.43. The zero-order valence-electron chi connectivity index (χ0n) is 9.89. The molecule has 1 aromatic rings. The number of carbonyl (C=O) groups excluding carboxylic acids is 1. The van der Waals surface area contributed by atoms with E-state index >= 15 is 0 Å². The van der Waals surface area contributed by atoms with Crippen LogP contribution in [0.1, 0.15) is 36.0 Å². The normalized spacial score (nSPS) is 16.5. The molecule has 2 rings (SSSR count). The third kappa shape index (κ3) is 2.64. The van der Waals surface area contributed by atoms with Crippen molar-refractivity contribution in [1.82, 2.24) is 4.90 Å². The Balaban J connectivity index is 2.25. The molecule has 1 aromatic carbocycles. The van der Waals surface area contributed by atoms with Crippen LogP contribution >= 0.6 is 11.6 Å². The van der Waals surface area contributed by atoms with Gasteiger partial charge in [-0.05, 0) is 25.0 Å². The fraction of sp³-hybridized carbons (Fsp3) is 0.462.